The van der Waals surface area contributed by atoms with Gasteiger partial charge in [0, 0.05) is 62.9 Å². The summed E-state index contributed by atoms with van der Waals surface area (Å²) in [6.07, 6.45) is 6.46. The molecule has 4 atom stereocenters. The third-order valence-electron chi connectivity index (χ3n) is 12.9. The number of aliphatic hydroxyl groups is 1. The Morgan fingerprint density at radius 1 is 1.02 bits per heavy atom. The third-order valence-corrected chi connectivity index (χ3v) is 13.8. The Labute approximate surface area is 387 Å². The van der Waals surface area contributed by atoms with Crippen molar-refractivity contribution in [3.63, 3.8) is 0 Å². The van der Waals surface area contributed by atoms with Crippen molar-refractivity contribution >= 4 is 40.6 Å². The molecule has 9 rings (SSSR count). The molecular weight excluding hydrogens is 859 g/mol. The monoisotopic (exact) mass is 913 g/mol. The highest BCUT2D eigenvalue weighted by Crippen LogP contribution is 2.35. The van der Waals surface area contributed by atoms with Crippen LogP contribution in [0, 0.1) is 24.7 Å². The van der Waals surface area contributed by atoms with Crippen molar-refractivity contribution in [1.82, 2.24) is 34.7 Å². The first-order valence-corrected chi connectivity index (χ1v) is 23.5. The van der Waals surface area contributed by atoms with Crippen molar-refractivity contribution in [1.29, 1.82) is 0 Å². The van der Waals surface area contributed by atoms with E-state index in [0.717, 1.165) is 60.5 Å². The molecule has 6 heterocycles. The fourth-order valence-electron chi connectivity index (χ4n) is 9.09. The highest BCUT2D eigenvalue weighted by atomic mass is 32.1. The number of ether oxygens (including phenoxy) is 2. The summed E-state index contributed by atoms with van der Waals surface area (Å²) in [4.78, 5) is 46.0. The maximum atomic E-state index is 14.3. The molecule has 2 amide bonds. The number of aliphatic hydroxyl groups excluding tert-OH is 1. The van der Waals surface area contributed by atoms with Gasteiger partial charge in [0.15, 0.2) is 11.6 Å². The standard InChI is InChI=1S/C49H55N9O7S/c1-28(2)44(48(62)58-25-34(59)20-40(58)47(61)52-29(3)31-11-13-32(14-12-31)45-30(4)51-27-66-45)42-23-43(55-65-42)56-17-15-35(16-18-56)64-37-21-36(22-37)63-19-7-8-33-24-57-26-39(53-49(57)54-46(33)50)38-9-5-6-10-41(38)60/h5-6,9-14,23-24,26-29,34-37,40,44,59-60H,15-22,25H2,1-4H3,(H,52,61)(H2,50,53,54)/t29-,34+,36?,37?,40-,44?/m0/s1. The summed E-state index contributed by atoms with van der Waals surface area (Å²) in [6.45, 7) is 9.57. The van der Waals surface area contributed by atoms with E-state index in [0.29, 0.717) is 34.2 Å². The summed E-state index contributed by atoms with van der Waals surface area (Å²) >= 11 is 1.59. The number of aryl methyl sites for hydroxylation is 1. The highest BCUT2D eigenvalue weighted by molar-refractivity contribution is 7.13. The van der Waals surface area contributed by atoms with Crippen LogP contribution in [0.2, 0.25) is 0 Å². The number of amides is 2. The Kier molecular flexibility index (Phi) is 13.1. The number of fused-ring (bicyclic) bond motifs is 1. The number of hydrogen-bond donors (Lipinski definition) is 4. The first kappa shape index (κ1) is 44.9. The van der Waals surface area contributed by atoms with Gasteiger partial charge in [-0.2, -0.15) is 4.98 Å². The molecule has 344 valence electrons. The van der Waals surface area contributed by atoms with Gasteiger partial charge in [-0.15, -0.1) is 11.3 Å². The third kappa shape index (κ3) is 9.64. The molecule has 16 nitrogen and oxygen atoms in total. The van der Waals surface area contributed by atoms with E-state index in [-0.39, 0.29) is 73.2 Å². The lowest BCUT2D eigenvalue weighted by atomic mass is 9.91. The molecule has 1 aliphatic carbocycles. The normalized spacial score (nSPS) is 20.8. The minimum Gasteiger partial charge on any atom is -0.507 e. The van der Waals surface area contributed by atoms with Gasteiger partial charge in [-0.3, -0.25) is 14.0 Å². The Hall–Kier alpha value is -6.32. The first-order valence-electron chi connectivity index (χ1n) is 22.6. The molecule has 66 heavy (non-hydrogen) atoms. The van der Waals surface area contributed by atoms with E-state index in [1.807, 2.05) is 69.6 Å². The maximum Gasteiger partial charge on any atom is 0.243 e. The number of thiazole rings is 1. The van der Waals surface area contributed by atoms with Crippen LogP contribution in [-0.4, -0.2) is 108 Å². The van der Waals surface area contributed by atoms with Gasteiger partial charge >= 0.3 is 0 Å². The molecule has 4 aromatic heterocycles. The van der Waals surface area contributed by atoms with E-state index >= 15 is 0 Å². The number of imidazole rings is 1. The average molecular weight is 914 g/mol. The average Bonchev–Trinajstić information content (AvgIpc) is 4.12. The highest BCUT2D eigenvalue weighted by Gasteiger charge is 2.44. The number of nitrogen functional groups attached to an aromatic ring is 1. The summed E-state index contributed by atoms with van der Waals surface area (Å²) < 4.78 is 20.1. The number of hydrogen-bond acceptors (Lipinski definition) is 14. The van der Waals surface area contributed by atoms with Crippen LogP contribution in [0.5, 0.6) is 5.75 Å². The van der Waals surface area contributed by atoms with Gasteiger partial charge in [0.1, 0.15) is 30.1 Å². The van der Waals surface area contributed by atoms with Gasteiger partial charge in [0.25, 0.3) is 0 Å². The van der Waals surface area contributed by atoms with E-state index in [1.165, 1.54) is 4.90 Å². The summed E-state index contributed by atoms with van der Waals surface area (Å²) in [5.41, 5.74) is 12.8. The second-order valence-corrected chi connectivity index (χ2v) is 18.7. The SMILES string of the molecule is Cc1ncsc1-c1ccc([C@H](C)NC(=O)[C@@H]2C[C@@H](O)CN2C(=O)C(c2cc(N3CCC(OC4CC(OCC#Cc5cn6cc(-c7ccccc7O)nc6nc5N)C4)CC3)no2)C(C)C)cc1. The molecule has 0 bridgehead atoms. The van der Waals surface area contributed by atoms with Crippen LogP contribution in [0.3, 0.4) is 0 Å². The predicted molar refractivity (Wildman–Crippen MR) is 250 cm³/mol. The number of likely N-dealkylation sites (tertiary alicyclic amines) is 1. The Morgan fingerprint density at radius 2 is 1.79 bits per heavy atom. The number of carbonyl (C=O) groups excluding carboxylic acids is 2. The number of phenols is 1. The second-order valence-electron chi connectivity index (χ2n) is 17.9. The van der Waals surface area contributed by atoms with Gasteiger partial charge in [0.05, 0.1) is 57.8 Å². The lowest BCUT2D eigenvalue weighted by Gasteiger charge is -2.39. The zero-order valence-corrected chi connectivity index (χ0v) is 38.3. The number of piperidine rings is 1. The Morgan fingerprint density at radius 3 is 2.52 bits per heavy atom. The Balaban J connectivity index is 0.727. The predicted octanol–water partition coefficient (Wildman–Crippen LogP) is 6.27. The number of benzene rings is 2. The molecule has 17 heteroatoms. The number of aromatic nitrogens is 5. The molecular formula is C49H55N9O7S. The number of nitrogens with one attached hydrogen (secondary N) is 1. The van der Waals surface area contributed by atoms with E-state index in [1.54, 1.807) is 46.3 Å². The van der Waals surface area contributed by atoms with Crippen LogP contribution >= 0.6 is 11.3 Å². The second kappa shape index (κ2) is 19.3. The maximum absolute atomic E-state index is 14.3. The number of β-amino-alcohol motifs (C(OH)–C–C–N with tert-alkyl or cyclic N) is 1. The molecule has 1 unspecified atom stereocenters. The molecule has 6 aromatic rings. The molecule has 2 saturated heterocycles. The largest absolute Gasteiger partial charge is 0.507 e. The van der Waals surface area contributed by atoms with Crippen LogP contribution < -0.4 is 16.0 Å². The molecule has 3 fully saturated rings. The molecule has 2 aliphatic heterocycles. The summed E-state index contributed by atoms with van der Waals surface area (Å²) in [5.74, 6) is 6.66. The summed E-state index contributed by atoms with van der Waals surface area (Å²) in [6, 6.07) is 15.8. The molecule has 5 N–H and O–H groups in total. The Bertz CT molecular complexity index is 2740. The number of nitrogens with zero attached hydrogens (tertiary/aromatic N) is 7. The molecule has 3 aliphatic rings. The number of para-hydroxylation sites is 1. The number of rotatable bonds is 13. The molecule has 2 aromatic carbocycles. The van der Waals surface area contributed by atoms with Crippen molar-refractivity contribution in [2.24, 2.45) is 5.92 Å². The van der Waals surface area contributed by atoms with Crippen molar-refractivity contribution < 1.29 is 33.8 Å². The van der Waals surface area contributed by atoms with E-state index < -0.39 is 18.1 Å². The van der Waals surface area contributed by atoms with E-state index in [4.69, 9.17) is 19.7 Å². The van der Waals surface area contributed by atoms with Crippen LogP contribution in [-0.2, 0) is 19.1 Å². The van der Waals surface area contributed by atoms with Crippen LogP contribution in [0.4, 0.5) is 11.6 Å². The van der Waals surface area contributed by atoms with Gasteiger partial charge in [-0.1, -0.05) is 67.2 Å². The van der Waals surface area contributed by atoms with Gasteiger partial charge < -0.3 is 45.1 Å². The van der Waals surface area contributed by atoms with Crippen molar-refractivity contribution in [3.8, 4) is 39.3 Å². The van der Waals surface area contributed by atoms with Crippen LogP contribution in [0.1, 0.15) is 87.4 Å². The topological polar surface area (TPSA) is 207 Å². The minimum absolute atomic E-state index is 0.0663. The minimum atomic E-state index is -0.816. The van der Waals surface area contributed by atoms with Gasteiger partial charge in [-0.25, -0.2) is 9.97 Å². The lowest BCUT2D eigenvalue weighted by molar-refractivity contribution is -0.141. The fourth-order valence-corrected chi connectivity index (χ4v) is 9.90. The van der Waals surface area contributed by atoms with Crippen molar-refractivity contribution in [2.75, 3.05) is 36.9 Å². The van der Waals surface area contributed by atoms with Crippen molar-refractivity contribution in [2.45, 2.75) is 102 Å². The van der Waals surface area contributed by atoms with E-state index in [9.17, 15) is 19.8 Å². The molecule has 0 spiro atoms. The zero-order chi connectivity index (χ0) is 46.1. The van der Waals surface area contributed by atoms with E-state index in [2.05, 4.69) is 42.2 Å². The van der Waals surface area contributed by atoms with Crippen LogP contribution in [0.15, 0.2) is 77.0 Å². The first-order chi connectivity index (χ1) is 31.9. The quantitative estimate of drug-likeness (QED) is 0.0945. The smallest absolute Gasteiger partial charge is 0.243 e. The molecule has 1 saturated carbocycles. The van der Waals surface area contributed by atoms with Gasteiger partial charge in [-0.05, 0) is 55.9 Å². The van der Waals surface area contributed by atoms with Crippen molar-refractivity contribution in [3.05, 3.63) is 95.1 Å². The molecule has 0 radical (unpaired) electrons. The number of aromatic hydroxyl groups is 1. The number of nitrogens with two attached hydrogens (primary N) is 1. The fraction of sp³-hybridized carbons (Fsp3) is 0.429. The summed E-state index contributed by atoms with van der Waals surface area (Å²) in [7, 11) is 0. The van der Waals surface area contributed by atoms with Gasteiger partial charge in [0.2, 0.25) is 17.6 Å². The summed E-state index contributed by atoms with van der Waals surface area (Å²) in [5, 5.41) is 28.4. The number of phenolic OH excluding ortho intramolecular Hbond substituents is 1. The lowest BCUT2D eigenvalue weighted by Crippen LogP contribution is -2.48. The number of anilines is 2. The zero-order valence-electron chi connectivity index (χ0n) is 37.5. The van der Waals surface area contributed by atoms with Crippen LogP contribution in [0.25, 0.3) is 27.5 Å². The number of carbonyl (C=O) groups is 2.